The second-order valence-electron chi connectivity index (χ2n) is 10.2. The van der Waals surface area contributed by atoms with Gasteiger partial charge < -0.3 is 10.2 Å². The van der Waals surface area contributed by atoms with Crippen LogP contribution in [0.4, 0.5) is 5.69 Å². The Labute approximate surface area is 260 Å². The number of halogens is 3. The highest BCUT2D eigenvalue weighted by Crippen LogP contribution is 2.26. The molecule has 1 fully saturated rings. The first kappa shape index (κ1) is 31.3. The molecule has 1 aliphatic carbocycles. The quantitative estimate of drug-likeness (QED) is 0.261. The molecule has 0 bridgehead atoms. The van der Waals surface area contributed by atoms with Crippen LogP contribution in [0.3, 0.4) is 0 Å². The number of hydrogen-bond acceptors (Lipinski definition) is 4. The molecule has 3 aromatic rings. The predicted molar refractivity (Wildman–Crippen MR) is 168 cm³/mol. The topological polar surface area (TPSA) is 86.8 Å². The number of nitrogens with one attached hydrogen (secondary N) is 1. The van der Waals surface area contributed by atoms with Crippen molar-refractivity contribution in [3.05, 3.63) is 98.4 Å². The molecule has 3 aromatic carbocycles. The molecule has 0 saturated heterocycles. The zero-order valence-corrected chi connectivity index (χ0v) is 26.5. The van der Waals surface area contributed by atoms with Gasteiger partial charge in [-0.15, -0.1) is 0 Å². The standard InChI is InChI=1S/C30H32BrCl2N3O4S/c1-41(39,40)36(25-13-7-10-23(31)18-25)20-29(37)35(19-22-14-15-26(32)27(33)16-22)28(17-21-8-3-2-4-9-21)30(38)34-24-11-5-6-12-24/h2-4,7-10,13-16,18,24,28H,5-6,11-12,17,19-20H2,1H3,(H,34,38)/t28-/m0/s1. The maximum absolute atomic E-state index is 14.2. The van der Waals surface area contributed by atoms with E-state index in [1.54, 1.807) is 42.5 Å². The van der Waals surface area contributed by atoms with E-state index in [-0.39, 0.29) is 24.9 Å². The van der Waals surface area contributed by atoms with Gasteiger partial charge in [0.2, 0.25) is 21.8 Å². The third-order valence-corrected chi connectivity index (χ3v) is 9.46. The Balaban J connectivity index is 1.74. The summed E-state index contributed by atoms with van der Waals surface area (Å²) in [7, 11) is -3.85. The summed E-state index contributed by atoms with van der Waals surface area (Å²) < 4.78 is 27.5. The van der Waals surface area contributed by atoms with E-state index in [1.165, 1.54) is 4.90 Å². The Hall–Kier alpha value is -2.59. The molecule has 218 valence electrons. The van der Waals surface area contributed by atoms with Crippen molar-refractivity contribution in [2.75, 3.05) is 17.1 Å². The number of sulfonamides is 1. The average molecular weight is 681 g/mol. The Morgan fingerprint density at radius 1 is 0.951 bits per heavy atom. The smallest absolute Gasteiger partial charge is 0.244 e. The lowest BCUT2D eigenvalue weighted by Gasteiger charge is -2.34. The van der Waals surface area contributed by atoms with Gasteiger partial charge in [-0.3, -0.25) is 13.9 Å². The largest absolute Gasteiger partial charge is 0.352 e. The number of carbonyl (C=O) groups excluding carboxylic acids is 2. The van der Waals surface area contributed by atoms with Gasteiger partial charge in [0.05, 0.1) is 22.0 Å². The van der Waals surface area contributed by atoms with Crippen LogP contribution in [0.5, 0.6) is 0 Å². The number of amides is 2. The van der Waals surface area contributed by atoms with E-state index in [0.29, 0.717) is 25.8 Å². The molecule has 1 atom stereocenters. The Bertz CT molecular complexity index is 1480. The van der Waals surface area contributed by atoms with Crippen LogP contribution in [0, 0.1) is 0 Å². The van der Waals surface area contributed by atoms with Crippen molar-refractivity contribution in [1.29, 1.82) is 0 Å². The second-order valence-corrected chi connectivity index (χ2v) is 13.9. The summed E-state index contributed by atoms with van der Waals surface area (Å²) in [6, 6.07) is 20.3. The lowest BCUT2D eigenvalue weighted by molar-refractivity contribution is -0.140. The molecule has 0 heterocycles. The summed E-state index contributed by atoms with van der Waals surface area (Å²) in [5.41, 5.74) is 1.87. The van der Waals surface area contributed by atoms with Crippen molar-refractivity contribution in [2.24, 2.45) is 0 Å². The van der Waals surface area contributed by atoms with Crippen molar-refractivity contribution >= 4 is 66.7 Å². The van der Waals surface area contributed by atoms with Crippen LogP contribution >= 0.6 is 39.1 Å². The molecule has 1 saturated carbocycles. The average Bonchev–Trinajstić information content (AvgIpc) is 3.44. The number of rotatable bonds is 11. The zero-order chi connectivity index (χ0) is 29.6. The van der Waals surface area contributed by atoms with E-state index in [0.717, 1.165) is 41.8 Å². The fraction of sp³-hybridized carbons (Fsp3) is 0.333. The highest BCUT2D eigenvalue weighted by atomic mass is 79.9. The van der Waals surface area contributed by atoms with Crippen LogP contribution in [0.25, 0.3) is 0 Å². The molecule has 4 rings (SSSR count). The van der Waals surface area contributed by atoms with Crippen LogP contribution in [-0.4, -0.2) is 50.0 Å². The zero-order valence-electron chi connectivity index (χ0n) is 22.6. The summed E-state index contributed by atoms with van der Waals surface area (Å²) in [6.45, 7) is -0.458. The number of anilines is 1. The molecule has 0 aromatic heterocycles. The van der Waals surface area contributed by atoms with Crippen molar-refractivity contribution in [2.45, 2.75) is 50.7 Å². The van der Waals surface area contributed by atoms with E-state index >= 15 is 0 Å². The normalized spacial score (nSPS) is 14.4. The van der Waals surface area contributed by atoms with Crippen LogP contribution < -0.4 is 9.62 Å². The van der Waals surface area contributed by atoms with Gasteiger partial charge in [-0.1, -0.05) is 94.4 Å². The maximum atomic E-state index is 14.2. The Kier molecular flexibility index (Phi) is 10.7. The lowest BCUT2D eigenvalue weighted by atomic mass is 10.0. The molecule has 7 nitrogen and oxygen atoms in total. The summed E-state index contributed by atoms with van der Waals surface area (Å²) in [5.74, 6) is -0.800. The monoisotopic (exact) mass is 679 g/mol. The highest BCUT2D eigenvalue weighted by Gasteiger charge is 2.34. The highest BCUT2D eigenvalue weighted by molar-refractivity contribution is 9.10. The van der Waals surface area contributed by atoms with Crippen molar-refractivity contribution in [3.8, 4) is 0 Å². The maximum Gasteiger partial charge on any atom is 0.244 e. The molecule has 0 aliphatic heterocycles. The SMILES string of the molecule is CS(=O)(=O)N(CC(=O)N(Cc1ccc(Cl)c(Cl)c1)[C@@H](Cc1ccccc1)C(=O)NC1CCCC1)c1cccc(Br)c1. The van der Waals surface area contributed by atoms with Crippen LogP contribution in [0.15, 0.2) is 77.3 Å². The molecular formula is C30H32BrCl2N3O4S. The van der Waals surface area contributed by atoms with Gasteiger partial charge in [-0.05, 0) is 54.3 Å². The summed E-state index contributed by atoms with van der Waals surface area (Å²) in [4.78, 5) is 29.5. The second kappa shape index (κ2) is 14.1. The lowest BCUT2D eigenvalue weighted by Crippen LogP contribution is -2.54. The summed E-state index contributed by atoms with van der Waals surface area (Å²) in [6.07, 6.45) is 5.15. The molecular weight excluding hydrogens is 649 g/mol. The van der Waals surface area contributed by atoms with Crippen molar-refractivity contribution in [1.82, 2.24) is 10.2 Å². The first-order valence-corrected chi connectivity index (χ1v) is 16.7. The van der Waals surface area contributed by atoms with E-state index in [4.69, 9.17) is 23.2 Å². The van der Waals surface area contributed by atoms with E-state index in [9.17, 15) is 18.0 Å². The van der Waals surface area contributed by atoms with Gasteiger partial charge in [-0.2, -0.15) is 0 Å². The first-order valence-electron chi connectivity index (χ1n) is 13.3. The van der Waals surface area contributed by atoms with E-state index in [2.05, 4.69) is 21.2 Å². The van der Waals surface area contributed by atoms with Gasteiger partial charge in [0.1, 0.15) is 12.6 Å². The van der Waals surface area contributed by atoms with Gasteiger partial charge >= 0.3 is 0 Å². The van der Waals surface area contributed by atoms with E-state index in [1.807, 2.05) is 30.3 Å². The summed E-state index contributed by atoms with van der Waals surface area (Å²) in [5, 5.41) is 3.83. The molecule has 0 spiro atoms. The third kappa shape index (κ3) is 8.70. The van der Waals surface area contributed by atoms with E-state index < -0.39 is 28.5 Å². The molecule has 0 radical (unpaired) electrons. The van der Waals surface area contributed by atoms with Gasteiger partial charge in [0.15, 0.2) is 0 Å². The minimum absolute atomic E-state index is 0.0292. The van der Waals surface area contributed by atoms with Gasteiger partial charge in [0, 0.05) is 23.5 Å². The Morgan fingerprint density at radius 2 is 1.66 bits per heavy atom. The van der Waals surface area contributed by atoms with Gasteiger partial charge in [0.25, 0.3) is 0 Å². The number of hydrogen-bond donors (Lipinski definition) is 1. The number of carbonyl (C=O) groups is 2. The number of nitrogens with zero attached hydrogens (tertiary/aromatic N) is 2. The number of benzene rings is 3. The molecule has 2 amide bonds. The molecule has 11 heteroatoms. The van der Waals surface area contributed by atoms with Gasteiger partial charge in [-0.25, -0.2) is 8.42 Å². The minimum atomic E-state index is -3.85. The van der Waals surface area contributed by atoms with Crippen molar-refractivity contribution < 1.29 is 18.0 Å². The van der Waals surface area contributed by atoms with Crippen LogP contribution in [0.2, 0.25) is 10.0 Å². The molecule has 1 N–H and O–H groups in total. The van der Waals surface area contributed by atoms with Crippen LogP contribution in [-0.2, 0) is 32.6 Å². The third-order valence-electron chi connectivity index (χ3n) is 7.08. The molecule has 41 heavy (non-hydrogen) atoms. The van der Waals surface area contributed by atoms with Crippen LogP contribution in [0.1, 0.15) is 36.8 Å². The minimum Gasteiger partial charge on any atom is -0.352 e. The fourth-order valence-electron chi connectivity index (χ4n) is 5.00. The summed E-state index contributed by atoms with van der Waals surface area (Å²) >= 11 is 15.8. The molecule has 1 aliphatic rings. The van der Waals surface area contributed by atoms with Crippen molar-refractivity contribution in [3.63, 3.8) is 0 Å². The Morgan fingerprint density at radius 3 is 2.29 bits per heavy atom. The predicted octanol–water partition coefficient (Wildman–Crippen LogP) is 6.22. The molecule has 0 unspecified atom stereocenters. The fourth-order valence-corrected chi connectivity index (χ4v) is 6.55. The first-order chi connectivity index (χ1) is 19.5.